The summed E-state index contributed by atoms with van der Waals surface area (Å²) < 4.78 is 34.2. The Kier molecular flexibility index (Phi) is 8.93. The van der Waals surface area contributed by atoms with Gasteiger partial charge in [-0.3, -0.25) is 9.59 Å². The molecule has 0 aliphatic heterocycles. The zero-order chi connectivity index (χ0) is 21.9. The molecule has 2 rings (SSSR count). The van der Waals surface area contributed by atoms with Crippen molar-refractivity contribution in [3.05, 3.63) is 53.8 Å². The molecule has 2 aromatic carbocycles. The second-order valence-corrected chi connectivity index (χ2v) is 6.51. The third-order valence-electron chi connectivity index (χ3n) is 4.27. The number of nitrogens with zero attached hydrogens (tertiary/aromatic N) is 1. The van der Waals surface area contributed by atoms with Crippen LogP contribution in [0.5, 0.6) is 17.2 Å². The molecule has 0 aliphatic rings. The summed E-state index contributed by atoms with van der Waals surface area (Å²) in [5.41, 5.74) is 0.603. The van der Waals surface area contributed by atoms with Crippen molar-refractivity contribution >= 4 is 11.9 Å². The lowest BCUT2D eigenvalue weighted by Crippen LogP contribution is -2.30. The molecule has 8 heteroatoms. The maximum atomic E-state index is 13.7. The molecule has 0 unspecified atom stereocenters. The lowest BCUT2D eigenvalue weighted by molar-refractivity contribution is -0.151. The molecule has 0 aliphatic carbocycles. The fourth-order valence-corrected chi connectivity index (χ4v) is 2.57. The van der Waals surface area contributed by atoms with Crippen LogP contribution in [0.3, 0.4) is 0 Å². The molecular weight excluding hydrogens is 393 g/mol. The highest BCUT2D eigenvalue weighted by atomic mass is 19.1. The summed E-state index contributed by atoms with van der Waals surface area (Å²) in [7, 11) is 4.52. The first kappa shape index (κ1) is 23.0. The van der Waals surface area contributed by atoms with Gasteiger partial charge in [0.2, 0.25) is 0 Å². The Balaban J connectivity index is 1.65. The lowest BCUT2D eigenvalue weighted by Gasteiger charge is -2.17. The number of carbonyl (C=O) groups is 2. The zero-order valence-electron chi connectivity index (χ0n) is 17.4. The van der Waals surface area contributed by atoms with Gasteiger partial charge in [-0.2, -0.15) is 0 Å². The quantitative estimate of drug-likeness (QED) is 0.411. The van der Waals surface area contributed by atoms with Gasteiger partial charge in [0, 0.05) is 20.0 Å². The number of carbonyl (C=O) groups excluding carboxylic acids is 2. The van der Waals surface area contributed by atoms with Crippen molar-refractivity contribution in [1.82, 2.24) is 4.90 Å². The number of halogens is 1. The Bertz CT molecular complexity index is 840. The Morgan fingerprint density at radius 3 is 2.33 bits per heavy atom. The summed E-state index contributed by atoms with van der Waals surface area (Å²) in [6.07, 6.45) is 0.594. The molecule has 0 N–H and O–H groups in total. The fraction of sp³-hybridized carbons (Fsp3) is 0.364. The van der Waals surface area contributed by atoms with Gasteiger partial charge < -0.3 is 23.8 Å². The summed E-state index contributed by atoms with van der Waals surface area (Å²) in [4.78, 5) is 25.3. The number of benzene rings is 2. The first-order chi connectivity index (χ1) is 14.4. The molecule has 0 aromatic heterocycles. The van der Waals surface area contributed by atoms with Crippen molar-refractivity contribution in [2.75, 3.05) is 34.5 Å². The number of methoxy groups -OCH3 is 2. The Hall–Kier alpha value is -3.29. The van der Waals surface area contributed by atoms with Gasteiger partial charge >= 0.3 is 5.97 Å². The average Bonchev–Trinajstić information content (AvgIpc) is 2.75. The van der Waals surface area contributed by atoms with E-state index in [1.54, 1.807) is 44.5 Å². The minimum Gasteiger partial charge on any atom is -0.497 e. The van der Waals surface area contributed by atoms with Gasteiger partial charge in [-0.05, 0) is 48.4 Å². The summed E-state index contributed by atoms with van der Waals surface area (Å²) in [6, 6.07) is 11.6. The number of hydrogen-bond donors (Lipinski definition) is 0. The van der Waals surface area contributed by atoms with E-state index in [2.05, 4.69) is 0 Å². The van der Waals surface area contributed by atoms with Gasteiger partial charge in [-0.1, -0.05) is 6.07 Å². The third-order valence-corrected chi connectivity index (χ3v) is 4.27. The van der Waals surface area contributed by atoms with E-state index in [1.165, 1.54) is 24.1 Å². The molecule has 0 radical (unpaired) electrons. The van der Waals surface area contributed by atoms with E-state index < -0.39 is 11.8 Å². The Morgan fingerprint density at radius 1 is 1.00 bits per heavy atom. The fourth-order valence-electron chi connectivity index (χ4n) is 2.57. The Labute approximate surface area is 175 Å². The highest BCUT2D eigenvalue weighted by Crippen LogP contribution is 2.19. The molecule has 0 atom stereocenters. The van der Waals surface area contributed by atoms with E-state index in [0.717, 1.165) is 5.75 Å². The summed E-state index contributed by atoms with van der Waals surface area (Å²) in [5.74, 6) is 0.185. The highest BCUT2D eigenvalue weighted by Gasteiger charge is 2.13. The number of rotatable bonds is 11. The lowest BCUT2D eigenvalue weighted by atomic mass is 10.2. The molecule has 0 fully saturated rings. The molecular formula is C22H26FNO6. The molecule has 0 spiro atoms. The van der Waals surface area contributed by atoms with E-state index >= 15 is 0 Å². The standard InChI is InChI=1S/C22H26FNO6/c1-24(14-16-6-11-20(28-3)19(23)13-16)21(25)15-30-22(26)5-4-12-29-18-9-7-17(27-2)8-10-18/h6-11,13H,4-5,12,14-15H2,1-3H3. The second kappa shape index (κ2) is 11.6. The predicted octanol–water partition coefficient (Wildman–Crippen LogP) is 3.20. The van der Waals surface area contributed by atoms with Crippen molar-refractivity contribution in [2.45, 2.75) is 19.4 Å². The molecule has 0 saturated heterocycles. The summed E-state index contributed by atoms with van der Waals surface area (Å²) in [6.45, 7) is 0.165. The van der Waals surface area contributed by atoms with Crippen LogP contribution in [0.1, 0.15) is 18.4 Å². The first-order valence-corrected chi connectivity index (χ1v) is 9.41. The number of amides is 1. The van der Waals surface area contributed by atoms with Gasteiger partial charge in [0.25, 0.3) is 5.91 Å². The largest absolute Gasteiger partial charge is 0.497 e. The van der Waals surface area contributed by atoms with Crippen LogP contribution in [0.4, 0.5) is 4.39 Å². The van der Waals surface area contributed by atoms with Crippen LogP contribution in [-0.2, 0) is 20.9 Å². The van der Waals surface area contributed by atoms with E-state index in [0.29, 0.717) is 24.3 Å². The number of likely N-dealkylation sites (N-methyl/N-ethyl adjacent to an activating group) is 1. The maximum Gasteiger partial charge on any atom is 0.306 e. The zero-order valence-corrected chi connectivity index (χ0v) is 17.4. The summed E-state index contributed by atoms with van der Waals surface area (Å²) >= 11 is 0. The van der Waals surface area contributed by atoms with Crippen molar-refractivity contribution in [2.24, 2.45) is 0 Å². The molecule has 7 nitrogen and oxygen atoms in total. The molecule has 0 bridgehead atoms. The smallest absolute Gasteiger partial charge is 0.306 e. The monoisotopic (exact) mass is 419 g/mol. The van der Waals surface area contributed by atoms with Crippen LogP contribution in [0.15, 0.2) is 42.5 Å². The topological polar surface area (TPSA) is 74.3 Å². The van der Waals surface area contributed by atoms with Crippen molar-refractivity contribution in [3.63, 3.8) is 0 Å². The molecule has 30 heavy (non-hydrogen) atoms. The normalized spacial score (nSPS) is 10.3. The first-order valence-electron chi connectivity index (χ1n) is 9.41. The molecule has 162 valence electrons. The van der Waals surface area contributed by atoms with Gasteiger partial charge in [-0.25, -0.2) is 4.39 Å². The predicted molar refractivity (Wildman–Crippen MR) is 108 cm³/mol. The third kappa shape index (κ3) is 7.27. The van der Waals surface area contributed by atoms with Gasteiger partial charge in [0.15, 0.2) is 18.2 Å². The van der Waals surface area contributed by atoms with Crippen LogP contribution in [-0.4, -0.2) is 51.3 Å². The number of hydrogen-bond acceptors (Lipinski definition) is 6. The van der Waals surface area contributed by atoms with Gasteiger partial charge in [0.1, 0.15) is 11.5 Å². The van der Waals surface area contributed by atoms with E-state index in [9.17, 15) is 14.0 Å². The van der Waals surface area contributed by atoms with Crippen LogP contribution in [0, 0.1) is 5.82 Å². The Morgan fingerprint density at radius 2 is 1.70 bits per heavy atom. The molecule has 2 aromatic rings. The number of esters is 1. The van der Waals surface area contributed by atoms with E-state index in [1.807, 2.05) is 0 Å². The maximum absolute atomic E-state index is 13.7. The number of ether oxygens (including phenoxy) is 4. The van der Waals surface area contributed by atoms with Crippen LogP contribution in [0.2, 0.25) is 0 Å². The summed E-state index contributed by atoms with van der Waals surface area (Å²) in [5, 5.41) is 0. The van der Waals surface area contributed by atoms with Crippen molar-refractivity contribution in [1.29, 1.82) is 0 Å². The van der Waals surface area contributed by atoms with Crippen LogP contribution < -0.4 is 14.2 Å². The van der Waals surface area contributed by atoms with E-state index in [4.69, 9.17) is 18.9 Å². The van der Waals surface area contributed by atoms with Gasteiger partial charge in [0.05, 0.1) is 20.8 Å². The van der Waals surface area contributed by atoms with Gasteiger partial charge in [-0.15, -0.1) is 0 Å². The second-order valence-electron chi connectivity index (χ2n) is 6.51. The minimum atomic E-state index is -0.501. The highest BCUT2D eigenvalue weighted by molar-refractivity contribution is 5.80. The van der Waals surface area contributed by atoms with Crippen LogP contribution >= 0.6 is 0 Å². The van der Waals surface area contributed by atoms with Crippen molar-refractivity contribution < 1.29 is 32.9 Å². The molecule has 1 amide bonds. The molecule has 0 heterocycles. The van der Waals surface area contributed by atoms with Crippen molar-refractivity contribution in [3.8, 4) is 17.2 Å². The SMILES string of the molecule is COc1ccc(OCCCC(=O)OCC(=O)N(C)Cc2ccc(OC)c(F)c2)cc1. The molecule has 0 saturated carbocycles. The van der Waals surface area contributed by atoms with E-state index in [-0.39, 0.29) is 31.2 Å². The average molecular weight is 419 g/mol. The minimum absolute atomic E-state index is 0.136. The van der Waals surface area contributed by atoms with Crippen LogP contribution in [0.25, 0.3) is 0 Å².